The van der Waals surface area contributed by atoms with Crippen molar-refractivity contribution in [2.24, 2.45) is 16.8 Å². The minimum absolute atomic E-state index is 0. The molecular formula is C22H43IN4O2. The van der Waals surface area contributed by atoms with Gasteiger partial charge in [0.25, 0.3) is 0 Å². The second kappa shape index (κ2) is 14.4. The molecule has 2 atom stereocenters. The Bertz CT molecular complexity index is 491. The lowest BCUT2D eigenvalue weighted by Gasteiger charge is -2.35. The summed E-state index contributed by atoms with van der Waals surface area (Å²) in [5, 5.41) is 7.14. The molecule has 0 spiro atoms. The third-order valence-electron chi connectivity index (χ3n) is 6.38. The predicted molar refractivity (Wildman–Crippen MR) is 131 cm³/mol. The van der Waals surface area contributed by atoms with Gasteiger partial charge in [-0.05, 0) is 37.5 Å². The number of guanidine groups is 1. The Balaban J connectivity index is 0.00000420. The van der Waals surface area contributed by atoms with Gasteiger partial charge >= 0.3 is 0 Å². The Kier molecular flexibility index (Phi) is 13.2. The number of nitrogens with zero attached hydrogens (tertiary/aromatic N) is 2. The van der Waals surface area contributed by atoms with E-state index in [0.717, 1.165) is 50.7 Å². The number of halogens is 1. The second-order valence-corrected chi connectivity index (χ2v) is 8.69. The molecule has 6 nitrogen and oxygen atoms in total. The zero-order chi connectivity index (χ0) is 20.4. The molecule has 7 heteroatoms. The standard InChI is InChI=1S/C22H42N4O2.HI/c1-5-18(6-2)20-14-19(12-13-28-20)25-22(24-16-21(27)26(3)4)23-15-17-10-8-7-9-11-17;/h17-20H,5-16H2,1-4H3,(H2,23,24,25);1H. The molecule has 1 aliphatic heterocycles. The van der Waals surface area contributed by atoms with Crippen molar-refractivity contribution in [3.05, 3.63) is 0 Å². The smallest absolute Gasteiger partial charge is 0.243 e. The first-order chi connectivity index (χ1) is 13.5. The number of rotatable bonds is 8. The lowest BCUT2D eigenvalue weighted by atomic mass is 9.89. The Morgan fingerprint density at radius 2 is 1.83 bits per heavy atom. The molecule has 170 valence electrons. The lowest BCUT2D eigenvalue weighted by Crippen LogP contribution is -2.49. The van der Waals surface area contributed by atoms with Gasteiger partial charge < -0.3 is 20.3 Å². The molecule has 2 aliphatic rings. The monoisotopic (exact) mass is 522 g/mol. The normalized spacial score (nSPS) is 23.4. The summed E-state index contributed by atoms with van der Waals surface area (Å²) in [6.07, 6.45) is 11.3. The van der Waals surface area contributed by atoms with Crippen LogP contribution in [0, 0.1) is 11.8 Å². The van der Waals surface area contributed by atoms with Crippen molar-refractivity contribution in [3.63, 3.8) is 0 Å². The molecule has 0 radical (unpaired) electrons. The van der Waals surface area contributed by atoms with Gasteiger partial charge in [-0.25, -0.2) is 4.99 Å². The average molecular weight is 523 g/mol. The van der Waals surface area contributed by atoms with Gasteiger partial charge in [-0.1, -0.05) is 46.0 Å². The quantitative estimate of drug-likeness (QED) is 0.289. The highest BCUT2D eigenvalue weighted by Gasteiger charge is 2.28. The first kappa shape index (κ1) is 26.5. The van der Waals surface area contributed by atoms with E-state index in [-0.39, 0.29) is 36.4 Å². The van der Waals surface area contributed by atoms with Crippen molar-refractivity contribution in [1.82, 2.24) is 15.5 Å². The molecule has 29 heavy (non-hydrogen) atoms. The van der Waals surface area contributed by atoms with Crippen LogP contribution in [-0.2, 0) is 9.53 Å². The van der Waals surface area contributed by atoms with Gasteiger partial charge in [0, 0.05) is 33.3 Å². The van der Waals surface area contributed by atoms with E-state index in [4.69, 9.17) is 4.74 Å². The lowest BCUT2D eigenvalue weighted by molar-refractivity contribution is -0.127. The van der Waals surface area contributed by atoms with Crippen LogP contribution in [0.25, 0.3) is 0 Å². The summed E-state index contributed by atoms with van der Waals surface area (Å²) >= 11 is 0. The van der Waals surface area contributed by atoms with Gasteiger partial charge in [0.15, 0.2) is 5.96 Å². The van der Waals surface area contributed by atoms with Gasteiger partial charge in [0.2, 0.25) is 5.91 Å². The maximum absolute atomic E-state index is 12.0. The third-order valence-corrected chi connectivity index (χ3v) is 6.38. The number of carbonyl (C=O) groups is 1. The Labute approximate surface area is 195 Å². The van der Waals surface area contributed by atoms with Crippen molar-refractivity contribution in [1.29, 1.82) is 0 Å². The molecule has 1 aliphatic carbocycles. The highest BCUT2D eigenvalue weighted by Crippen LogP contribution is 2.25. The predicted octanol–water partition coefficient (Wildman–Crippen LogP) is 3.79. The summed E-state index contributed by atoms with van der Waals surface area (Å²) in [4.78, 5) is 18.2. The van der Waals surface area contributed by atoms with Crippen LogP contribution in [0.2, 0.25) is 0 Å². The highest BCUT2D eigenvalue weighted by molar-refractivity contribution is 14.0. The van der Waals surface area contributed by atoms with Crippen LogP contribution in [0.3, 0.4) is 0 Å². The molecule has 2 N–H and O–H groups in total. The van der Waals surface area contributed by atoms with Crippen molar-refractivity contribution in [3.8, 4) is 0 Å². The van der Waals surface area contributed by atoms with Gasteiger partial charge in [-0.3, -0.25) is 4.79 Å². The van der Waals surface area contributed by atoms with E-state index in [9.17, 15) is 4.79 Å². The summed E-state index contributed by atoms with van der Waals surface area (Å²) < 4.78 is 6.06. The maximum Gasteiger partial charge on any atom is 0.243 e. The number of carbonyl (C=O) groups excluding carboxylic acids is 1. The van der Waals surface area contributed by atoms with E-state index < -0.39 is 0 Å². The SMILES string of the molecule is CCC(CC)C1CC(NC(=NCC(=O)N(C)C)NCC2CCCCC2)CCO1.I. The van der Waals surface area contributed by atoms with Crippen LogP contribution in [0.5, 0.6) is 0 Å². The summed E-state index contributed by atoms with van der Waals surface area (Å²) in [7, 11) is 3.55. The molecule has 1 amide bonds. The zero-order valence-corrected chi connectivity index (χ0v) is 21.2. The Morgan fingerprint density at radius 3 is 2.45 bits per heavy atom. The first-order valence-electron chi connectivity index (χ1n) is 11.4. The van der Waals surface area contributed by atoms with Crippen molar-refractivity contribution >= 4 is 35.8 Å². The first-order valence-corrected chi connectivity index (χ1v) is 11.4. The van der Waals surface area contributed by atoms with Crippen LogP contribution in [-0.4, -0.2) is 62.7 Å². The second-order valence-electron chi connectivity index (χ2n) is 8.69. The number of ether oxygens (including phenoxy) is 1. The molecule has 0 aromatic rings. The van der Waals surface area contributed by atoms with Crippen molar-refractivity contribution < 1.29 is 9.53 Å². The Hall–Kier alpha value is -0.570. The van der Waals surface area contributed by atoms with Crippen LogP contribution in [0.15, 0.2) is 4.99 Å². The fraction of sp³-hybridized carbons (Fsp3) is 0.909. The van der Waals surface area contributed by atoms with E-state index in [2.05, 4.69) is 29.5 Å². The van der Waals surface area contributed by atoms with Crippen molar-refractivity contribution in [2.45, 2.75) is 83.8 Å². The molecular weight excluding hydrogens is 479 g/mol. The largest absolute Gasteiger partial charge is 0.378 e. The van der Waals surface area contributed by atoms with E-state index >= 15 is 0 Å². The number of amides is 1. The third kappa shape index (κ3) is 9.40. The average Bonchev–Trinajstić information content (AvgIpc) is 2.71. The van der Waals surface area contributed by atoms with E-state index in [1.54, 1.807) is 19.0 Å². The number of nitrogens with one attached hydrogen (secondary N) is 2. The molecule has 1 saturated carbocycles. The number of hydrogen-bond donors (Lipinski definition) is 2. The molecule has 0 bridgehead atoms. The van der Waals surface area contributed by atoms with Gasteiger partial charge in [0.05, 0.1) is 6.10 Å². The molecule has 1 saturated heterocycles. The van der Waals surface area contributed by atoms with E-state index in [1.165, 1.54) is 32.1 Å². The summed E-state index contributed by atoms with van der Waals surface area (Å²) in [5.74, 6) is 2.16. The fourth-order valence-corrected chi connectivity index (χ4v) is 4.37. The topological polar surface area (TPSA) is 66.0 Å². The summed E-state index contributed by atoms with van der Waals surface area (Å²) in [6.45, 7) is 6.43. The molecule has 0 aromatic heterocycles. The van der Waals surface area contributed by atoms with Gasteiger partial charge in [-0.15, -0.1) is 24.0 Å². The highest BCUT2D eigenvalue weighted by atomic mass is 127. The molecule has 2 rings (SSSR count). The Morgan fingerprint density at radius 1 is 1.14 bits per heavy atom. The maximum atomic E-state index is 12.0. The number of aliphatic imine (C=N–C) groups is 1. The summed E-state index contributed by atoms with van der Waals surface area (Å²) in [5.41, 5.74) is 0. The zero-order valence-electron chi connectivity index (χ0n) is 18.9. The number of hydrogen-bond acceptors (Lipinski definition) is 3. The van der Waals surface area contributed by atoms with Gasteiger partial charge in [0.1, 0.15) is 6.54 Å². The minimum Gasteiger partial charge on any atom is -0.378 e. The van der Waals surface area contributed by atoms with E-state index in [0.29, 0.717) is 18.1 Å². The van der Waals surface area contributed by atoms with Crippen LogP contribution < -0.4 is 10.6 Å². The van der Waals surface area contributed by atoms with Gasteiger partial charge in [-0.2, -0.15) is 0 Å². The van der Waals surface area contributed by atoms with Crippen molar-refractivity contribution in [2.75, 3.05) is 33.8 Å². The minimum atomic E-state index is 0. The molecule has 1 heterocycles. The van der Waals surface area contributed by atoms with Crippen LogP contribution in [0.4, 0.5) is 0 Å². The fourth-order valence-electron chi connectivity index (χ4n) is 4.37. The summed E-state index contributed by atoms with van der Waals surface area (Å²) in [6, 6.07) is 0.353. The van der Waals surface area contributed by atoms with Crippen LogP contribution in [0.1, 0.15) is 71.6 Å². The number of likely N-dealkylation sites (N-methyl/N-ethyl adjacent to an activating group) is 1. The van der Waals surface area contributed by atoms with Crippen LogP contribution >= 0.6 is 24.0 Å². The molecule has 0 aromatic carbocycles. The molecule has 2 unspecified atom stereocenters. The molecule has 2 fully saturated rings. The van der Waals surface area contributed by atoms with E-state index in [1.807, 2.05) is 0 Å².